The van der Waals surface area contributed by atoms with Gasteiger partial charge in [-0.1, -0.05) is 24.3 Å². The molecule has 0 atom stereocenters. The normalized spacial score (nSPS) is 10.4. The Hall–Kier alpha value is -2.14. The van der Waals surface area contributed by atoms with Gasteiger partial charge >= 0.3 is 0 Å². The molecule has 1 amide bonds. The van der Waals surface area contributed by atoms with Gasteiger partial charge in [-0.05, 0) is 12.3 Å². The Morgan fingerprint density at radius 3 is 2.67 bits per heavy atom. The summed E-state index contributed by atoms with van der Waals surface area (Å²) in [5, 5.41) is 1.70. The zero-order valence-electron chi connectivity index (χ0n) is 10.5. The number of fused-ring (bicyclic) bond motifs is 1. The molecule has 18 heavy (non-hydrogen) atoms. The molecule has 0 fully saturated rings. The monoisotopic (exact) mass is 244 g/mol. The van der Waals surface area contributed by atoms with Crippen LogP contribution in [0, 0.1) is 0 Å². The third-order valence-electron chi connectivity index (χ3n) is 2.98. The summed E-state index contributed by atoms with van der Waals surface area (Å²) < 4.78 is 0. The molecule has 5 heteroatoms. The van der Waals surface area contributed by atoms with Crippen LogP contribution in [0.3, 0.4) is 0 Å². The van der Waals surface area contributed by atoms with Gasteiger partial charge in [0.25, 0.3) is 5.91 Å². The van der Waals surface area contributed by atoms with E-state index < -0.39 is 0 Å². The minimum absolute atomic E-state index is 0.0372. The summed E-state index contributed by atoms with van der Waals surface area (Å²) in [4.78, 5) is 18.1. The average molecular weight is 244 g/mol. The van der Waals surface area contributed by atoms with Crippen molar-refractivity contribution >= 4 is 22.5 Å². The molecule has 0 aliphatic rings. The number of nitrogens with one attached hydrogen (secondary N) is 1. The van der Waals surface area contributed by atoms with Gasteiger partial charge in [-0.3, -0.25) is 4.79 Å². The number of anilines is 1. The maximum atomic E-state index is 12.2. The zero-order chi connectivity index (χ0) is 13.1. The number of hydrazine groups is 1. The van der Waals surface area contributed by atoms with Crippen LogP contribution in [0.15, 0.2) is 30.5 Å². The fraction of sp³-hybridized carbons (Fsp3) is 0.231. The molecule has 0 aliphatic carbocycles. The van der Waals surface area contributed by atoms with Gasteiger partial charge in [0, 0.05) is 25.2 Å². The number of amides is 1. The van der Waals surface area contributed by atoms with E-state index in [2.05, 4.69) is 10.4 Å². The summed E-state index contributed by atoms with van der Waals surface area (Å²) in [5.41, 5.74) is 3.13. The smallest absolute Gasteiger partial charge is 0.255 e. The third-order valence-corrected chi connectivity index (χ3v) is 2.98. The van der Waals surface area contributed by atoms with Crippen molar-refractivity contribution < 1.29 is 4.79 Å². The molecule has 0 unspecified atom stereocenters. The molecular weight excluding hydrogens is 228 g/mol. The lowest BCUT2D eigenvalue weighted by Gasteiger charge is -2.16. The fourth-order valence-corrected chi connectivity index (χ4v) is 1.83. The predicted octanol–water partition coefficient (Wildman–Crippen LogP) is 1.61. The standard InChI is InChI=1S/C13H16N4O/c1-3-17(2)13(18)11-8-15-12(16-14)10-7-5-4-6-9(10)11/h4-8H,3,14H2,1-2H3,(H,15,16). The summed E-state index contributed by atoms with van der Waals surface area (Å²) in [6.45, 7) is 2.59. The molecule has 2 rings (SSSR count). The van der Waals surface area contributed by atoms with Gasteiger partial charge in [-0.25, -0.2) is 10.8 Å². The average Bonchev–Trinajstić information content (AvgIpc) is 2.44. The predicted molar refractivity (Wildman–Crippen MR) is 72.2 cm³/mol. The van der Waals surface area contributed by atoms with E-state index >= 15 is 0 Å². The molecule has 94 valence electrons. The van der Waals surface area contributed by atoms with Crippen LogP contribution in [0.2, 0.25) is 0 Å². The van der Waals surface area contributed by atoms with E-state index in [1.165, 1.54) is 0 Å². The first-order valence-corrected chi connectivity index (χ1v) is 5.78. The van der Waals surface area contributed by atoms with E-state index in [1.807, 2.05) is 31.2 Å². The molecule has 0 aliphatic heterocycles. The second-order valence-corrected chi connectivity index (χ2v) is 4.03. The van der Waals surface area contributed by atoms with Crippen molar-refractivity contribution in [1.82, 2.24) is 9.88 Å². The van der Waals surface area contributed by atoms with Gasteiger partial charge in [0.1, 0.15) is 5.82 Å². The fourth-order valence-electron chi connectivity index (χ4n) is 1.83. The number of nitrogens with two attached hydrogens (primary N) is 1. The highest BCUT2D eigenvalue weighted by Crippen LogP contribution is 2.24. The molecule has 3 N–H and O–H groups in total. The number of nitrogens with zero attached hydrogens (tertiary/aromatic N) is 2. The van der Waals surface area contributed by atoms with Gasteiger partial charge < -0.3 is 10.3 Å². The first kappa shape index (κ1) is 12.3. The van der Waals surface area contributed by atoms with E-state index in [0.29, 0.717) is 17.9 Å². The molecule has 1 aromatic heterocycles. The maximum absolute atomic E-state index is 12.2. The van der Waals surface area contributed by atoms with Crippen molar-refractivity contribution in [2.24, 2.45) is 5.84 Å². The van der Waals surface area contributed by atoms with E-state index in [9.17, 15) is 4.79 Å². The number of pyridine rings is 1. The second kappa shape index (κ2) is 5.01. The van der Waals surface area contributed by atoms with Crippen LogP contribution in [0.5, 0.6) is 0 Å². The number of carbonyl (C=O) groups is 1. The highest BCUT2D eigenvalue weighted by Gasteiger charge is 2.15. The van der Waals surface area contributed by atoms with Gasteiger partial charge in [0.2, 0.25) is 0 Å². The Morgan fingerprint density at radius 1 is 1.39 bits per heavy atom. The first-order chi connectivity index (χ1) is 8.69. The van der Waals surface area contributed by atoms with Gasteiger partial charge in [-0.15, -0.1) is 0 Å². The van der Waals surface area contributed by atoms with Crippen LogP contribution in [0.1, 0.15) is 17.3 Å². The summed E-state index contributed by atoms with van der Waals surface area (Å²) in [5.74, 6) is 5.95. The molecule has 5 nitrogen and oxygen atoms in total. The van der Waals surface area contributed by atoms with Crippen molar-refractivity contribution in [3.63, 3.8) is 0 Å². The highest BCUT2D eigenvalue weighted by molar-refractivity contribution is 6.09. The Bertz CT molecular complexity index is 582. The summed E-state index contributed by atoms with van der Waals surface area (Å²) >= 11 is 0. The number of aromatic nitrogens is 1. The van der Waals surface area contributed by atoms with Gasteiger partial charge in [-0.2, -0.15) is 0 Å². The van der Waals surface area contributed by atoms with E-state index in [0.717, 1.165) is 10.8 Å². The van der Waals surface area contributed by atoms with Crippen LogP contribution in [-0.4, -0.2) is 29.4 Å². The topological polar surface area (TPSA) is 71.2 Å². The van der Waals surface area contributed by atoms with Crippen LogP contribution < -0.4 is 11.3 Å². The van der Waals surface area contributed by atoms with E-state index in [-0.39, 0.29) is 5.91 Å². The molecule has 2 aromatic rings. The summed E-state index contributed by atoms with van der Waals surface area (Å²) in [6, 6.07) is 7.57. The molecule has 1 heterocycles. The number of benzene rings is 1. The Balaban J connectivity index is 2.63. The summed E-state index contributed by atoms with van der Waals surface area (Å²) in [6.07, 6.45) is 1.56. The Morgan fingerprint density at radius 2 is 2.06 bits per heavy atom. The molecule has 0 saturated heterocycles. The lowest BCUT2D eigenvalue weighted by atomic mass is 10.1. The van der Waals surface area contributed by atoms with E-state index in [1.54, 1.807) is 18.1 Å². The van der Waals surface area contributed by atoms with Crippen molar-refractivity contribution in [3.05, 3.63) is 36.0 Å². The van der Waals surface area contributed by atoms with Crippen LogP contribution in [-0.2, 0) is 0 Å². The van der Waals surface area contributed by atoms with Crippen LogP contribution >= 0.6 is 0 Å². The number of hydrogen-bond acceptors (Lipinski definition) is 4. The first-order valence-electron chi connectivity index (χ1n) is 5.78. The van der Waals surface area contributed by atoms with Crippen molar-refractivity contribution in [1.29, 1.82) is 0 Å². The van der Waals surface area contributed by atoms with Crippen molar-refractivity contribution in [2.45, 2.75) is 6.92 Å². The zero-order valence-corrected chi connectivity index (χ0v) is 10.5. The summed E-state index contributed by atoms with van der Waals surface area (Å²) in [7, 11) is 1.77. The molecule has 0 radical (unpaired) electrons. The number of rotatable bonds is 3. The lowest BCUT2D eigenvalue weighted by Crippen LogP contribution is -2.26. The Kier molecular flexibility index (Phi) is 3.43. The van der Waals surface area contributed by atoms with Crippen LogP contribution in [0.4, 0.5) is 5.82 Å². The maximum Gasteiger partial charge on any atom is 0.255 e. The van der Waals surface area contributed by atoms with Crippen molar-refractivity contribution in [3.8, 4) is 0 Å². The molecule has 0 bridgehead atoms. The molecule has 1 aromatic carbocycles. The second-order valence-electron chi connectivity index (χ2n) is 4.03. The van der Waals surface area contributed by atoms with Crippen LogP contribution in [0.25, 0.3) is 10.8 Å². The molecular formula is C13H16N4O. The third kappa shape index (κ3) is 2.00. The highest BCUT2D eigenvalue weighted by atomic mass is 16.2. The molecule has 0 saturated carbocycles. The largest absolute Gasteiger partial charge is 0.342 e. The minimum Gasteiger partial charge on any atom is -0.342 e. The van der Waals surface area contributed by atoms with Gasteiger partial charge in [0.05, 0.1) is 5.56 Å². The molecule has 0 spiro atoms. The number of nitrogen functional groups attached to an aromatic ring is 1. The quantitative estimate of drug-likeness (QED) is 0.635. The minimum atomic E-state index is -0.0372. The van der Waals surface area contributed by atoms with Crippen molar-refractivity contribution in [2.75, 3.05) is 19.0 Å². The number of carbonyl (C=O) groups excluding carboxylic acids is 1. The van der Waals surface area contributed by atoms with Gasteiger partial charge in [0.15, 0.2) is 0 Å². The lowest BCUT2D eigenvalue weighted by molar-refractivity contribution is 0.0804. The SMILES string of the molecule is CCN(C)C(=O)c1cnc(NN)c2ccccc12. The number of hydrogen-bond donors (Lipinski definition) is 2. The van der Waals surface area contributed by atoms with E-state index in [4.69, 9.17) is 5.84 Å². The Labute approximate surface area is 106 Å².